The van der Waals surface area contributed by atoms with Crippen LogP contribution in [0.2, 0.25) is 0 Å². The standard InChI is InChI=1S/C13H17BrN2OS/c1-9-13(12(15)17,6-3-7-18-9)16-11-5-2-4-10(14)8-11/h2,4-5,8-9,16H,3,6-7H2,1H3,(H2,15,17). The zero-order valence-electron chi connectivity index (χ0n) is 10.3. The van der Waals surface area contributed by atoms with Gasteiger partial charge in [0.2, 0.25) is 5.91 Å². The first-order valence-corrected chi connectivity index (χ1v) is 7.84. The van der Waals surface area contributed by atoms with Gasteiger partial charge in [-0.05, 0) is 36.8 Å². The van der Waals surface area contributed by atoms with Crippen LogP contribution in [-0.2, 0) is 4.79 Å². The molecular formula is C13H17BrN2OS. The van der Waals surface area contributed by atoms with E-state index < -0.39 is 5.54 Å². The van der Waals surface area contributed by atoms with Gasteiger partial charge in [-0.2, -0.15) is 11.8 Å². The number of anilines is 1. The Hall–Kier alpha value is -0.680. The van der Waals surface area contributed by atoms with E-state index in [1.807, 2.05) is 24.3 Å². The molecule has 1 saturated heterocycles. The van der Waals surface area contributed by atoms with Gasteiger partial charge in [0.05, 0.1) is 0 Å². The fraction of sp³-hybridized carbons (Fsp3) is 0.462. The summed E-state index contributed by atoms with van der Waals surface area (Å²) in [4.78, 5) is 11.9. The predicted octanol–water partition coefficient (Wildman–Crippen LogP) is 3.00. The number of amides is 1. The van der Waals surface area contributed by atoms with Crippen molar-refractivity contribution in [1.29, 1.82) is 0 Å². The summed E-state index contributed by atoms with van der Waals surface area (Å²) in [5.41, 5.74) is 5.95. The number of thioether (sulfide) groups is 1. The van der Waals surface area contributed by atoms with Crippen molar-refractivity contribution in [2.24, 2.45) is 5.73 Å². The van der Waals surface area contributed by atoms with Crippen LogP contribution >= 0.6 is 27.7 Å². The highest BCUT2D eigenvalue weighted by Crippen LogP contribution is 2.36. The molecule has 0 saturated carbocycles. The lowest BCUT2D eigenvalue weighted by atomic mass is 9.88. The lowest BCUT2D eigenvalue weighted by Gasteiger charge is -2.40. The van der Waals surface area contributed by atoms with Crippen molar-refractivity contribution < 1.29 is 4.79 Å². The molecule has 0 aromatic heterocycles. The largest absolute Gasteiger partial charge is 0.370 e. The fourth-order valence-corrected chi connectivity index (χ4v) is 3.97. The van der Waals surface area contributed by atoms with E-state index in [0.717, 1.165) is 28.8 Å². The minimum Gasteiger partial charge on any atom is -0.370 e. The Morgan fingerprint density at radius 2 is 2.39 bits per heavy atom. The van der Waals surface area contributed by atoms with Gasteiger partial charge in [-0.3, -0.25) is 4.79 Å². The molecule has 1 heterocycles. The number of halogens is 1. The van der Waals surface area contributed by atoms with Gasteiger partial charge in [0, 0.05) is 15.4 Å². The van der Waals surface area contributed by atoms with E-state index in [9.17, 15) is 4.79 Å². The van der Waals surface area contributed by atoms with Gasteiger partial charge in [-0.1, -0.05) is 28.9 Å². The number of primary amides is 1. The lowest BCUT2D eigenvalue weighted by Crippen LogP contribution is -2.58. The number of nitrogens with one attached hydrogen (secondary N) is 1. The zero-order valence-corrected chi connectivity index (χ0v) is 12.7. The van der Waals surface area contributed by atoms with E-state index in [1.165, 1.54) is 0 Å². The van der Waals surface area contributed by atoms with Gasteiger partial charge in [-0.15, -0.1) is 0 Å². The smallest absolute Gasteiger partial charge is 0.244 e. The normalized spacial score (nSPS) is 27.8. The van der Waals surface area contributed by atoms with Crippen LogP contribution in [0.15, 0.2) is 28.7 Å². The quantitative estimate of drug-likeness (QED) is 0.896. The van der Waals surface area contributed by atoms with Gasteiger partial charge < -0.3 is 11.1 Å². The maximum Gasteiger partial charge on any atom is 0.244 e. The van der Waals surface area contributed by atoms with Gasteiger partial charge in [-0.25, -0.2) is 0 Å². The van der Waals surface area contributed by atoms with E-state index in [1.54, 1.807) is 11.8 Å². The van der Waals surface area contributed by atoms with E-state index >= 15 is 0 Å². The topological polar surface area (TPSA) is 55.1 Å². The van der Waals surface area contributed by atoms with Crippen molar-refractivity contribution in [3.05, 3.63) is 28.7 Å². The molecule has 0 bridgehead atoms. The highest BCUT2D eigenvalue weighted by molar-refractivity contribution is 9.10. The Balaban J connectivity index is 2.28. The van der Waals surface area contributed by atoms with Crippen molar-refractivity contribution in [3.8, 4) is 0 Å². The summed E-state index contributed by atoms with van der Waals surface area (Å²) < 4.78 is 0.989. The van der Waals surface area contributed by atoms with E-state index in [2.05, 4.69) is 28.2 Å². The fourth-order valence-electron chi connectivity index (χ4n) is 2.33. The summed E-state index contributed by atoms with van der Waals surface area (Å²) in [5, 5.41) is 3.54. The SMILES string of the molecule is CC1SCCCC1(Nc1cccc(Br)c1)C(N)=O. The van der Waals surface area contributed by atoms with Crippen molar-refractivity contribution in [2.45, 2.75) is 30.6 Å². The second-order valence-electron chi connectivity index (χ2n) is 4.59. The van der Waals surface area contributed by atoms with Crippen molar-refractivity contribution in [2.75, 3.05) is 11.1 Å². The van der Waals surface area contributed by atoms with Crippen LogP contribution in [0.4, 0.5) is 5.69 Å². The molecule has 2 atom stereocenters. The number of hydrogen-bond donors (Lipinski definition) is 2. The minimum absolute atomic E-state index is 0.183. The highest BCUT2D eigenvalue weighted by Gasteiger charge is 2.44. The summed E-state index contributed by atoms with van der Waals surface area (Å²) >= 11 is 5.24. The van der Waals surface area contributed by atoms with Crippen molar-refractivity contribution in [3.63, 3.8) is 0 Å². The Kier molecular flexibility index (Phi) is 4.22. The van der Waals surface area contributed by atoms with Crippen molar-refractivity contribution in [1.82, 2.24) is 0 Å². The van der Waals surface area contributed by atoms with Crippen LogP contribution in [0.1, 0.15) is 19.8 Å². The van der Waals surface area contributed by atoms with Crippen LogP contribution in [0, 0.1) is 0 Å². The van der Waals surface area contributed by atoms with E-state index in [0.29, 0.717) is 0 Å². The van der Waals surface area contributed by atoms with Crippen molar-refractivity contribution >= 4 is 39.3 Å². The number of carbonyl (C=O) groups excluding carboxylic acids is 1. The number of nitrogens with two attached hydrogens (primary N) is 1. The first-order valence-electron chi connectivity index (χ1n) is 6.00. The van der Waals surface area contributed by atoms with Gasteiger partial charge in [0.25, 0.3) is 0 Å². The molecule has 18 heavy (non-hydrogen) atoms. The maximum absolute atomic E-state index is 11.9. The molecule has 2 unspecified atom stereocenters. The van der Waals surface area contributed by atoms with E-state index in [-0.39, 0.29) is 11.2 Å². The second-order valence-corrected chi connectivity index (χ2v) is 6.95. The average Bonchev–Trinajstić information content (AvgIpc) is 2.32. The molecule has 0 spiro atoms. The Morgan fingerprint density at radius 1 is 1.61 bits per heavy atom. The van der Waals surface area contributed by atoms with E-state index in [4.69, 9.17) is 5.73 Å². The third-order valence-corrected chi connectivity index (χ3v) is 5.33. The van der Waals surface area contributed by atoms with Crippen LogP contribution in [0.5, 0.6) is 0 Å². The molecule has 1 amide bonds. The Morgan fingerprint density at radius 3 is 3.00 bits per heavy atom. The second kappa shape index (κ2) is 5.53. The van der Waals surface area contributed by atoms with Crippen LogP contribution < -0.4 is 11.1 Å². The third-order valence-electron chi connectivity index (χ3n) is 3.41. The molecule has 1 aromatic carbocycles. The van der Waals surface area contributed by atoms with Crippen LogP contribution in [0.3, 0.4) is 0 Å². The molecule has 3 N–H and O–H groups in total. The summed E-state index contributed by atoms with van der Waals surface area (Å²) in [6, 6.07) is 7.83. The molecule has 3 nitrogen and oxygen atoms in total. The molecule has 5 heteroatoms. The molecule has 0 radical (unpaired) electrons. The van der Waals surface area contributed by atoms with Gasteiger partial charge in [0.1, 0.15) is 5.54 Å². The van der Waals surface area contributed by atoms with Crippen LogP contribution in [-0.4, -0.2) is 22.4 Å². The molecule has 98 valence electrons. The summed E-state index contributed by atoms with van der Waals surface area (Å²) in [6.07, 6.45) is 1.81. The summed E-state index contributed by atoms with van der Waals surface area (Å²) in [7, 11) is 0. The van der Waals surface area contributed by atoms with Crippen LogP contribution in [0.25, 0.3) is 0 Å². The molecule has 2 rings (SSSR count). The van der Waals surface area contributed by atoms with Gasteiger partial charge in [0.15, 0.2) is 0 Å². The molecular weight excluding hydrogens is 312 g/mol. The number of hydrogen-bond acceptors (Lipinski definition) is 3. The zero-order chi connectivity index (χ0) is 13.2. The number of benzene rings is 1. The highest BCUT2D eigenvalue weighted by atomic mass is 79.9. The molecule has 1 fully saturated rings. The molecule has 1 aliphatic heterocycles. The van der Waals surface area contributed by atoms with Gasteiger partial charge >= 0.3 is 0 Å². The summed E-state index contributed by atoms with van der Waals surface area (Å²) in [6.45, 7) is 2.07. The first kappa shape index (κ1) is 13.7. The number of carbonyl (C=O) groups is 1. The first-order chi connectivity index (χ1) is 8.54. The maximum atomic E-state index is 11.9. The molecule has 0 aliphatic carbocycles. The summed E-state index contributed by atoms with van der Waals surface area (Å²) in [5.74, 6) is 0.832. The molecule has 1 aromatic rings. The third kappa shape index (κ3) is 2.67. The monoisotopic (exact) mass is 328 g/mol. The average molecular weight is 329 g/mol. The Bertz CT molecular complexity index is 454. The number of rotatable bonds is 3. The Labute approximate surface area is 120 Å². The minimum atomic E-state index is -0.635. The predicted molar refractivity (Wildman–Crippen MR) is 80.8 cm³/mol. The molecule has 1 aliphatic rings. The lowest BCUT2D eigenvalue weighted by molar-refractivity contribution is -0.122.